The topological polar surface area (TPSA) is 0 Å². The Morgan fingerprint density at radius 1 is 0.256 bits per heavy atom. The van der Waals surface area contributed by atoms with Crippen molar-refractivity contribution in [2.75, 3.05) is 0 Å². The summed E-state index contributed by atoms with van der Waals surface area (Å²) in [6, 6.07) is 105. The predicted molar refractivity (Wildman–Crippen MR) is 337 cm³/mol. The lowest BCUT2D eigenvalue weighted by molar-refractivity contribution is 0.591. The van der Waals surface area contributed by atoms with Crippen LogP contribution in [0.25, 0.3) is 111 Å². The Balaban J connectivity index is 1.11. The van der Waals surface area contributed by atoms with E-state index in [4.69, 9.17) is 0 Å². The maximum atomic E-state index is 2.50. The van der Waals surface area contributed by atoms with E-state index in [1.807, 2.05) is 0 Å². The molecule has 0 N–H and O–H groups in total. The van der Waals surface area contributed by atoms with E-state index in [9.17, 15) is 0 Å². The molecule has 0 aromatic heterocycles. The summed E-state index contributed by atoms with van der Waals surface area (Å²) >= 11 is 0. The van der Waals surface area contributed by atoms with Gasteiger partial charge in [0.15, 0.2) is 0 Å². The summed E-state index contributed by atoms with van der Waals surface area (Å²) < 4.78 is 0. The highest BCUT2D eigenvalue weighted by atomic mass is 14.3. The highest BCUT2D eigenvalue weighted by molar-refractivity contribution is 6.22. The summed E-state index contributed by atoms with van der Waals surface area (Å²) in [6.45, 7) is 6.99. The van der Waals surface area contributed by atoms with E-state index in [-0.39, 0.29) is 5.41 Å². The fraction of sp³-hybridized carbons (Fsp3) is 0.0513. The SMILES string of the molecule is CC(C)(C)c1ccc2c(-c3cc(C=C(c4ccccc4)c4ccccc4)cc(-c4ccc5ccccc5c4)c3)c3ccccc3c(-c3cc(C=C(c4ccccc4)c4ccccc4)cc(-c4ccc5ccccc5c4)c3)c2c1. The third-order valence-corrected chi connectivity index (χ3v) is 15.5. The van der Waals surface area contributed by atoms with Gasteiger partial charge in [0.1, 0.15) is 0 Å². The van der Waals surface area contributed by atoms with E-state index in [2.05, 4.69) is 318 Å². The van der Waals surface area contributed by atoms with Crippen LogP contribution in [0.15, 0.2) is 285 Å². The van der Waals surface area contributed by atoms with Crippen LogP contribution in [0.5, 0.6) is 0 Å². The molecule has 13 aromatic carbocycles. The van der Waals surface area contributed by atoms with Gasteiger partial charge in [-0.1, -0.05) is 251 Å². The second-order valence-corrected chi connectivity index (χ2v) is 21.7. The van der Waals surface area contributed by atoms with Gasteiger partial charge in [-0.2, -0.15) is 0 Å². The Bertz CT molecular complexity index is 4340. The smallest absolute Gasteiger partial charge is 0.00258 e. The summed E-state index contributed by atoms with van der Waals surface area (Å²) in [7, 11) is 0. The van der Waals surface area contributed by atoms with Gasteiger partial charge in [0.05, 0.1) is 0 Å². The highest BCUT2D eigenvalue weighted by Crippen LogP contribution is 2.47. The van der Waals surface area contributed by atoms with Gasteiger partial charge in [-0.15, -0.1) is 0 Å². The maximum absolute atomic E-state index is 2.50. The summed E-state index contributed by atoms with van der Waals surface area (Å²) in [5.41, 5.74) is 20.0. The van der Waals surface area contributed by atoms with Crippen molar-refractivity contribution in [3.8, 4) is 44.5 Å². The number of hydrogen-bond donors (Lipinski definition) is 0. The first-order valence-electron chi connectivity index (χ1n) is 27.2. The molecule has 0 bridgehead atoms. The van der Waals surface area contributed by atoms with Crippen molar-refractivity contribution in [3.63, 3.8) is 0 Å². The van der Waals surface area contributed by atoms with Crippen molar-refractivity contribution in [1.29, 1.82) is 0 Å². The van der Waals surface area contributed by atoms with Crippen LogP contribution >= 0.6 is 0 Å². The molecular formula is C78H58. The van der Waals surface area contributed by atoms with Crippen molar-refractivity contribution >= 4 is 66.4 Å². The normalized spacial score (nSPS) is 11.5. The van der Waals surface area contributed by atoms with Gasteiger partial charge in [0.25, 0.3) is 0 Å². The predicted octanol–water partition coefficient (Wildman–Crippen LogP) is 21.4. The number of fused-ring (bicyclic) bond motifs is 4. The zero-order valence-electron chi connectivity index (χ0n) is 44.3. The van der Waals surface area contributed by atoms with E-state index in [0.717, 1.165) is 11.1 Å². The van der Waals surface area contributed by atoms with Crippen LogP contribution < -0.4 is 0 Å². The molecule has 0 aliphatic carbocycles. The molecule has 13 aromatic rings. The second-order valence-electron chi connectivity index (χ2n) is 21.7. The monoisotopic (exact) mass is 994 g/mol. The van der Waals surface area contributed by atoms with Gasteiger partial charge < -0.3 is 0 Å². The molecule has 13 rings (SSSR count). The van der Waals surface area contributed by atoms with Crippen molar-refractivity contribution < 1.29 is 0 Å². The fourth-order valence-electron chi connectivity index (χ4n) is 11.6. The molecule has 0 aliphatic rings. The Hall–Kier alpha value is -9.62. The quantitative estimate of drug-likeness (QED) is 0.0946. The molecule has 0 saturated heterocycles. The zero-order valence-corrected chi connectivity index (χ0v) is 44.3. The van der Waals surface area contributed by atoms with E-state index in [1.165, 1.54) is 127 Å². The Morgan fingerprint density at radius 3 is 1.01 bits per heavy atom. The lowest BCUT2D eigenvalue weighted by Gasteiger charge is -2.24. The highest BCUT2D eigenvalue weighted by Gasteiger charge is 2.23. The minimum Gasteiger partial charge on any atom is -0.0622 e. The number of benzene rings is 13. The zero-order chi connectivity index (χ0) is 52.6. The lowest BCUT2D eigenvalue weighted by atomic mass is 9.80. The first kappa shape index (κ1) is 48.1. The minimum absolute atomic E-state index is 0.0996. The first-order chi connectivity index (χ1) is 38.3. The van der Waals surface area contributed by atoms with E-state index in [0.29, 0.717) is 0 Å². The number of rotatable bonds is 10. The van der Waals surface area contributed by atoms with Gasteiger partial charge in [-0.3, -0.25) is 0 Å². The van der Waals surface area contributed by atoms with E-state index >= 15 is 0 Å². The van der Waals surface area contributed by atoms with E-state index < -0.39 is 0 Å². The maximum Gasteiger partial charge on any atom is -0.00258 e. The van der Waals surface area contributed by atoms with Crippen molar-refractivity contribution in [2.24, 2.45) is 0 Å². The summed E-state index contributed by atoms with van der Waals surface area (Å²) in [5, 5.41) is 9.79. The van der Waals surface area contributed by atoms with Crippen LogP contribution in [0, 0.1) is 0 Å². The third kappa shape index (κ3) is 9.55. The lowest BCUT2D eigenvalue weighted by Crippen LogP contribution is -2.10. The molecule has 0 nitrogen and oxygen atoms in total. The van der Waals surface area contributed by atoms with Crippen molar-refractivity contribution in [3.05, 3.63) is 324 Å². The Kier molecular flexibility index (Phi) is 12.6. The molecule has 0 aliphatic heterocycles. The molecule has 0 spiro atoms. The molecule has 0 amide bonds. The third-order valence-electron chi connectivity index (χ3n) is 15.5. The molecular weight excluding hydrogens is 937 g/mol. The average molecular weight is 995 g/mol. The molecule has 370 valence electrons. The molecule has 0 radical (unpaired) electrons. The van der Waals surface area contributed by atoms with Crippen LogP contribution in [0.3, 0.4) is 0 Å². The Morgan fingerprint density at radius 2 is 0.603 bits per heavy atom. The molecule has 0 fully saturated rings. The molecule has 0 atom stereocenters. The van der Waals surface area contributed by atoms with Gasteiger partial charge in [0.2, 0.25) is 0 Å². The van der Waals surface area contributed by atoms with Gasteiger partial charge >= 0.3 is 0 Å². The van der Waals surface area contributed by atoms with Gasteiger partial charge in [-0.05, 0) is 210 Å². The van der Waals surface area contributed by atoms with Crippen LogP contribution in [-0.4, -0.2) is 0 Å². The van der Waals surface area contributed by atoms with Gasteiger partial charge in [0, 0.05) is 0 Å². The summed E-state index contributed by atoms with van der Waals surface area (Å²) in [4.78, 5) is 0. The van der Waals surface area contributed by atoms with Crippen LogP contribution in [-0.2, 0) is 5.41 Å². The molecule has 78 heavy (non-hydrogen) atoms. The van der Waals surface area contributed by atoms with Gasteiger partial charge in [-0.25, -0.2) is 0 Å². The molecule has 0 heterocycles. The summed E-state index contributed by atoms with van der Waals surface area (Å²) in [5.74, 6) is 0. The van der Waals surface area contributed by atoms with Crippen molar-refractivity contribution in [2.45, 2.75) is 26.2 Å². The average Bonchev–Trinajstić information content (AvgIpc) is 3.63. The van der Waals surface area contributed by atoms with Crippen molar-refractivity contribution in [1.82, 2.24) is 0 Å². The van der Waals surface area contributed by atoms with Crippen LogP contribution in [0.1, 0.15) is 59.7 Å². The van der Waals surface area contributed by atoms with Crippen LogP contribution in [0.4, 0.5) is 0 Å². The molecule has 0 unspecified atom stereocenters. The second kappa shape index (κ2) is 20.5. The standard InChI is InChI=1S/C78H58/c1-78(2,3)69-40-41-72-75(52-69)77(68-45-54(43-66(51-68)64-39-37-56-23-17-19-33-62(56)49-64)47-74(59-28-12-6-13-29-59)60-30-14-7-15-31-60)71-35-21-20-34-70(71)76(72)67-44-53(42-65(50-67)63-38-36-55-22-16-18-32-61(55)48-63)46-73(57-24-8-4-9-25-57)58-26-10-5-11-27-58/h4-52H,1-3H3. The Labute approximate surface area is 458 Å². The van der Waals surface area contributed by atoms with E-state index in [1.54, 1.807) is 0 Å². The molecule has 0 saturated carbocycles. The summed E-state index contributed by atoms with van der Waals surface area (Å²) in [6.07, 6.45) is 4.78. The fourth-order valence-corrected chi connectivity index (χ4v) is 11.6. The van der Waals surface area contributed by atoms with Crippen LogP contribution in [0.2, 0.25) is 0 Å². The number of hydrogen-bond acceptors (Lipinski definition) is 0. The largest absolute Gasteiger partial charge is 0.0622 e. The molecule has 0 heteroatoms. The first-order valence-corrected chi connectivity index (χ1v) is 27.2. The minimum atomic E-state index is -0.0996.